The first-order valence-corrected chi connectivity index (χ1v) is 5.88. The van der Waals surface area contributed by atoms with E-state index in [4.69, 9.17) is 14.3 Å². The molecule has 1 unspecified atom stereocenters. The van der Waals surface area contributed by atoms with E-state index in [9.17, 15) is 5.11 Å². The average molecular weight is 241 g/mol. The summed E-state index contributed by atoms with van der Waals surface area (Å²) >= 11 is 0. The predicted molar refractivity (Wildman–Crippen MR) is 61.4 cm³/mol. The van der Waals surface area contributed by atoms with E-state index in [1.165, 1.54) is 0 Å². The van der Waals surface area contributed by atoms with Crippen LogP contribution in [0.3, 0.4) is 0 Å². The van der Waals surface area contributed by atoms with Crippen LogP contribution in [0, 0.1) is 0 Å². The van der Waals surface area contributed by atoms with Gasteiger partial charge in [0.1, 0.15) is 12.4 Å². The summed E-state index contributed by atoms with van der Waals surface area (Å²) in [6, 6.07) is 3.63. The highest BCUT2D eigenvalue weighted by molar-refractivity contribution is 5.01. The van der Waals surface area contributed by atoms with Crippen molar-refractivity contribution >= 4 is 0 Å². The van der Waals surface area contributed by atoms with E-state index in [1.807, 2.05) is 6.07 Å². The Hall–Kier alpha value is -0.880. The number of rotatable bonds is 8. The molecule has 17 heavy (non-hydrogen) atoms. The van der Waals surface area contributed by atoms with Gasteiger partial charge in [-0.05, 0) is 25.0 Å². The number of aliphatic hydroxyl groups is 2. The summed E-state index contributed by atoms with van der Waals surface area (Å²) in [6.07, 6.45) is 2.98. The molecule has 5 heteroatoms. The molecule has 1 aliphatic rings. The molecule has 1 aromatic rings. The zero-order valence-electron chi connectivity index (χ0n) is 9.76. The van der Waals surface area contributed by atoms with Crippen molar-refractivity contribution in [2.45, 2.75) is 31.1 Å². The van der Waals surface area contributed by atoms with Gasteiger partial charge in [-0.3, -0.25) is 0 Å². The van der Waals surface area contributed by atoms with Crippen LogP contribution in [0.1, 0.15) is 18.6 Å². The largest absolute Gasteiger partial charge is 0.467 e. The lowest BCUT2D eigenvalue weighted by atomic mass is 10.2. The monoisotopic (exact) mass is 241 g/mol. The fourth-order valence-electron chi connectivity index (χ4n) is 1.63. The first kappa shape index (κ1) is 12.6. The van der Waals surface area contributed by atoms with Crippen LogP contribution in [0.2, 0.25) is 0 Å². The summed E-state index contributed by atoms with van der Waals surface area (Å²) in [7, 11) is 0. The summed E-state index contributed by atoms with van der Waals surface area (Å²) in [5, 5.41) is 21.9. The lowest BCUT2D eigenvalue weighted by molar-refractivity contribution is 0.0200. The van der Waals surface area contributed by atoms with Gasteiger partial charge in [0, 0.05) is 12.1 Å². The van der Waals surface area contributed by atoms with Gasteiger partial charge in [0.15, 0.2) is 0 Å². The van der Waals surface area contributed by atoms with Crippen molar-refractivity contribution in [2.75, 3.05) is 19.8 Å². The molecule has 1 aromatic heterocycles. The minimum atomic E-state index is -0.561. The van der Waals surface area contributed by atoms with E-state index >= 15 is 0 Å². The summed E-state index contributed by atoms with van der Waals surface area (Å²) < 4.78 is 10.4. The molecular formula is C12H19NO4. The van der Waals surface area contributed by atoms with E-state index in [1.54, 1.807) is 12.3 Å². The second-order valence-electron chi connectivity index (χ2n) is 4.57. The molecule has 1 saturated carbocycles. The third-order valence-corrected chi connectivity index (χ3v) is 3.00. The van der Waals surface area contributed by atoms with Crippen molar-refractivity contribution < 1.29 is 19.4 Å². The van der Waals surface area contributed by atoms with E-state index in [-0.39, 0.29) is 18.8 Å². The lowest BCUT2D eigenvalue weighted by Gasteiger charge is -2.17. The summed E-state index contributed by atoms with van der Waals surface area (Å²) in [6.45, 7) is 1.20. The second-order valence-corrected chi connectivity index (χ2v) is 4.57. The summed E-state index contributed by atoms with van der Waals surface area (Å²) in [5.41, 5.74) is -0.137. The molecule has 1 heterocycles. The van der Waals surface area contributed by atoms with Crippen molar-refractivity contribution in [1.29, 1.82) is 0 Å². The first-order chi connectivity index (χ1) is 8.24. The maximum absolute atomic E-state index is 9.66. The normalized spacial score (nSPS) is 19.2. The molecule has 2 rings (SSSR count). The van der Waals surface area contributed by atoms with Gasteiger partial charge in [-0.15, -0.1) is 0 Å². The molecule has 1 atom stereocenters. The molecule has 0 aliphatic heterocycles. The quantitative estimate of drug-likeness (QED) is 0.609. The van der Waals surface area contributed by atoms with Gasteiger partial charge in [-0.25, -0.2) is 0 Å². The number of aliphatic hydroxyl groups excluding tert-OH is 2. The van der Waals surface area contributed by atoms with Gasteiger partial charge < -0.3 is 24.7 Å². The maximum Gasteiger partial charge on any atom is 0.129 e. The minimum absolute atomic E-state index is 0.132. The third-order valence-electron chi connectivity index (χ3n) is 3.00. The molecule has 1 fully saturated rings. The topological polar surface area (TPSA) is 74.9 Å². The van der Waals surface area contributed by atoms with Gasteiger partial charge in [-0.1, -0.05) is 0 Å². The van der Waals surface area contributed by atoms with E-state index in [0.717, 1.165) is 18.6 Å². The van der Waals surface area contributed by atoms with Crippen molar-refractivity contribution in [3.8, 4) is 0 Å². The van der Waals surface area contributed by atoms with Crippen LogP contribution in [0.5, 0.6) is 0 Å². The third kappa shape index (κ3) is 3.81. The average Bonchev–Trinajstić information content (AvgIpc) is 2.95. The van der Waals surface area contributed by atoms with Gasteiger partial charge in [0.25, 0.3) is 0 Å². The number of ether oxygens (including phenoxy) is 1. The van der Waals surface area contributed by atoms with Crippen LogP contribution >= 0.6 is 0 Å². The first-order valence-electron chi connectivity index (χ1n) is 5.88. The Labute approximate surface area is 100 Å². The molecule has 96 valence electrons. The van der Waals surface area contributed by atoms with Crippen molar-refractivity contribution in [3.05, 3.63) is 24.2 Å². The predicted octanol–water partition coefficient (Wildman–Crippen LogP) is 0.272. The zero-order chi connectivity index (χ0) is 12.1. The molecule has 0 amide bonds. The van der Waals surface area contributed by atoms with Crippen molar-refractivity contribution in [3.63, 3.8) is 0 Å². The van der Waals surface area contributed by atoms with Crippen LogP contribution in [-0.4, -0.2) is 41.6 Å². The van der Waals surface area contributed by atoms with Gasteiger partial charge in [-0.2, -0.15) is 0 Å². The maximum atomic E-state index is 9.66. The standard InChI is InChI=1S/C12H19NO4/c14-9-12(3-4-12)13-6-10(15)7-16-8-11-2-1-5-17-11/h1-2,5,10,13-15H,3-4,6-9H2. The summed E-state index contributed by atoms with van der Waals surface area (Å²) in [5.74, 6) is 0.749. The molecular weight excluding hydrogens is 222 g/mol. The Morgan fingerprint density at radius 2 is 2.35 bits per heavy atom. The van der Waals surface area contributed by atoms with Crippen LogP contribution < -0.4 is 5.32 Å². The molecule has 0 spiro atoms. The van der Waals surface area contributed by atoms with Crippen LogP contribution in [0.25, 0.3) is 0 Å². The van der Waals surface area contributed by atoms with Crippen molar-refractivity contribution in [2.24, 2.45) is 0 Å². The Bertz CT molecular complexity index is 321. The zero-order valence-corrected chi connectivity index (χ0v) is 9.76. The fourth-order valence-corrected chi connectivity index (χ4v) is 1.63. The minimum Gasteiger partial charge on any atom is -0.467 e. The van der Waals surface area contributed by atoms with E-state index in [0.29, 0.717) is 13.2 Å². The Kier molecular flexibility index (Phi) is 4.17. The number of hydrogen-bond acceptors (Lipinski definition) is 5. The number of hydrogen-bond donors (Lipinski definition) is 3. The van der Waals surface area contributed by atoms with Crippen LogP contribution in [0.15, 0.2) is 22.8 Å². The number of β-amino-alcohol motifs (C(OH)–C–C–N with tert-alkyl or cyclic N) is 1. The SMILES string of the molecule is OCC1(NCC(O)COCc2ccco2)CC1. The van der Waals surface area contributed by atoms with E-state index in [2.05, 4.69) is 5.32 Å². The molecule has 1 aliphatic carbocycles. The Balaban J connectivity index is 1.56. The molecule has 3 N–H and O–H groups in total. The lowest BCUT2D eigenvalue weighted by Crippen LogP contribution is -2.41. The van der Waals surface area contributed by atoms with Crippen LogP contribution in [0.4, 0.5) is 0 Å². The number of nitrogens with one attached hydrogen (secondary N) is 1. The smallest absolute Gasteiger partial charge is 0.129 e. The molecule has 5 nitrogen and oxygen atoms in total. The fraction of sp³-hybridized carbons (Fsp3) is 0.667. The highest BCUT2D eigenvalue weighted by Crippen LogP contribution is 2.34. The van der Waals surface area contributed by atoms with Crippen LogP contribution in [-0.2, 0) is 11.3 Å². The molecule has 0 saturated heterocycles. The summed E-state index contributed by atoms with van der Waals surface area (Å²) in [4.78, 5) is 0. The number of furan rings is 1. The Morgan fingerprint density at radius 1 is 1.53 bits per heavy atom. The highest BCUT2D eigenvalue weighted by Gasteiger charge is 2.41. The molecule has 0 aromatic carbocycles. The Morgan fingerprint density at radius 3 is 2.94 bits per heavy atom. The van der Waals surface area contributed by atoms with Gasteiger partial charge in [0.05, 0.1) is 25.6 Å². The second kappa shape index (κ2) is 5.64. The van der Waals surface area contributed by atoms with Gasteiger partial charge in [0.2, 0.25) is 0 Å². The van der Waals surface area contributed by atoms with E-state index < -0.39 is 6.10 Å². The molecule has 0 radical (unpaired) electrons. The van der Waals surface area contributed by atoms with Crippen molar-refractivity contribution in [1.82, 2.24) is 5.32 Å². The molecule has 0 bridgehead atoms. The van der Waals surface area contributed by atoms with Gasteiger partial charge >= 0.3 is 0 Å². The highest BCUT2D eigenvalue weighted by atomic mass is 16.5.